The molecule has 0 aromatic carbocycles. The topological polar surface area (TPSA) is 131 Å². The highest BCUT2D eigenvalue weighted by Gasteiger charge is 1.75. The van der Waals surface area contributed by atoms with Crippen molar-refractivity contribution in [3.63, 3.8) is 0 Å². The molecule has 1 rings (SSSR count). The van der Waals surface area contributed by atoms with Gasteiger partial charge in [-0.2, -0.15) is 0 Å². The average molecular weight is 201 g/mol. The minimum atomic E-state index is -0.333. The minimum Gasteiger partial charge on any atom is -0.469 e. The van der Waals surface area contributed by atoms with Crippen molar-refractivity contribution in [3.05, 3.63) is 18.7 Å². The largest absolute Gasteiger partial charge is 0.469 e. The van der Waals surface area contributed by atoms with E-state index in [-0.39, 0.29) is 11.9 Å². The maximum Gasteiger partial charge on any atom is 0.302 e. The van der Waals surface area contributed by atoms with Crippen LogP contribution in [-0.2, 0) is 9.53 Å². The summed E-state index contributed by atoms with van der Waals surface area (Å²) in [7, 11) is 1.35. The van der Waals surface area contributed by atoms with Crippen LogP contribution in [0.4, 0.5) is 0 Å². The summed E-state index contributed by atoms with van der Waals surface area (Å²) in [5, 5.41) is 6.06. The summed E-state index contributed by atoms with van der Waals surface area (Å²) in [6.07, 6.45) is 5.08. The number of guanidine groups is 1. The van der Waals surface area contributed by atoms with Crippen molar-refractivity contribution >= 4 is 11.9 Å². The van der Waals surface area contributed by atoms with E-state index in [4.69, 9.17) is 5.41 Å². The third-order valence-electron chi connectivity index (χ3n) is 0.693. The number of methoxy groups -OCH3 is 1. The third-order valence-corrected chi connectivity index (χ3v) is 0.693. The molecule has 0 saturated heterocycles. The lowest BCUT2D eigenvalue weighted by Gasteiger charge is -1.80. The zero-order valence-electron chi connectivity index (χ0n) is 8.15. The van der Waals surface area contributed by atoms with Crippen molar-refractivity contribution < 1.29 is 9.53 Å². The van der Waals surface area contributed by atoms with Crippen LogP contribution in [0.25, 0.3) is 0 Å². The molecule has 0 aliphatic rings. The van der Waals surface area contributed by atoms with Gasteiger partial charge < -0.3 is 21.2 Å². The number of carbonyl (C=O) groups excluding carboxylic acids is 1. The van der Waals surface area contributed by atoms with E-state index in [9.17, 15) is 4.79 Å². The number of carbonyl (C=O) groups is 1. The molecular weight excluding hydrogens is 186 g/mol. The van der Waals surface area contributed by atoms with Gasteiger partial charge in [-0.1, -0.05) is 0 Å². The number of nitrogens with two attached hydrogens (primary N) is 2. The Morgan fingerprint density at radius 3 is 2.07 bits per heavy atom. The smallest absolute Gasteiger partial charge is 0.302 e. The van der Waals surface area contributed by atoms with E-state index in [1.165, 1.54) is 14.0 Å². The number of H-pyrrole nitrogens is 1. The third kappa shape index (κ3) is 32.5. The molecule has 0 fully saturated rings. The fraction of sp³-hybridized carbons (Fsp3) is 0.286. The monoisotopic (exact) mass is 201 g/mol. The summed E-state index contributed by atoms with van der Waals surface area (Å²) >= 11 is 0. The zero-order chi connectivity index (χ0) is 11.4. The second-order valence-corrected chi connectivity index (χ2v) is 1.91. The Labute approximate surface area is 82.0 Å². The zero-order valence-corrected chi connectivity index (χ0v) is 8.15. The van der Waals surface area contributed by atoms with Crippen molar-refractivity contribution in [3.8, 4) is 0 Å². The van der Waals surface area contributed by atoms with Gasteiger partial charge in [0.15, 0.2) is 5.96 Å². The molecule has 0 saturated carbocycles. The summed E-state index contributed by atoms with van der Waals surface area (Å²) in [6, 6.07) is 0. The molecule has 1 aromatic heterocycles. The van der Waals surface area contributed by atoms with Gasteiger partial charge in [-0.15, -0.1) is 0 Å². The molecule has 7 heteroatoms. The highest BCUT2D eigenvalue weighted by molar-refractivity contribution is 5.71. The number of hydrogen-bond donors (Lipinski definition) is 4. The summed E-state index contributed by atoms with van der Waals surface area (Å²) in [4.78, 5) is 16.0. The van der Waals surface area contributed by atoms with E-state index < -0.39 is 0 Å². The van der Waals surface area contributed by atoms with Gasteiger partial charge in [0.25, 0.3) is 0 Å². The number of imidazole rings is 1. The lowest BCUT2D eigenvalue weighted by molar-refractivity contribution is -0.137. The first-order valence-electron chi connectivity index (χ1n) is 3.57. The van der Waals surface area contributed by atoms with E-state index >= 15 is 0 Å². The number of ether oxygens (including phenoxy) is 1. The van der Waals surface area contributed by atoms with Crippen molar-refractivity contribution in [2.75, 3.05) is 7.11 Å². The van der Waals surface area contributed by atoms with Crippen LogP contribution in [0.2, 0.25) is 0 Å². The van der Waals surface area contributed by atoms with Crippen LogP contribution >= 0.6 is 0 Å². The summed E-state index contributed by atoms with van der Waals surface area (Å²) in [6.45, 7) is 1.36. The Bertz CT molecular complexity index is 213. The van der Waals surface area contributed by atoms with Gasteiger partial charge in [0.05, 0.1) is 13.4 Å². The SMILES string of the molecule is COC(C)=O.N=C(N)N.c1c[nH]cn1. The Kier molecular flexibility index (Phi) is 11.3. The molecule has 80 valence electrons. The summed E-state index contributed by atoms with van der Waals surface area (Å²) in [5.74, 6) is -0.579. The second kappa shape index (κ2) is 11.0. The van der Waals surface area contributed by atoms with Crippen LogP contribution in [0.3, 0.4) is 0 Å². The molecule has 0 spiro atoms. The number of hydrogen-bond acceptors (Lipinski definition) is 4. The Balaban J connectivity index is 0. The minimum absolute atomic E-state index is 0.245. The Hall–Kier alpha value is -2.05. The van der Waals surface area contributed by atoms with Gasteiger partial charge in [-0.05, 0) is 0 Å². The van der Waals surface area contributed by atoms with Gasteiger partial charge in [0.1, 0.15) is 0 Å². The van der Waals surface area contributed by atoms with Crippen molar-refractivity contribution in [1.29, 1.82) is 5.41 Å². The number of aromatic amines is 1. The van der Waals surface area contributed by atoms with Gasteiger partial charge in [-0.25, -0.2) is 4.98 Å². The van der Waals surface area contributed by atoms with Crippen LogP contribution in [-0.4, -0.2) is 29.0 Å². The Morgan fingerprint density at radius 1 is 1.57 bits per heavy atom. The molecule has 0 atom stereocenters. The van der Waals surface area contributed by atoms with Gasteiger partial charge >= 0.3 is 5.97 Å². The van der Waals surface area contributed by atoms with Gasteiger partial charge in [0, 0.05) is 19.3 Å². The van der Waals surface area contributed by atoms with Crippen LogP contribution in [0.15, 0.2) is 18.7 Å². The maximum atomic E-state index is 9.59. The first-order chi connectivity index (χ1) is 6.50. The summed E-state index contributed by atoms with van der Waals surface area (Å²) < 4.78 is 4.11. The predicted octanol–water partition coefficient (Wildman–Crippen LogP) is -0.572. The molecule has 0 radical (unpaired) electrons. The lowest BCUT2D eigenvalue weighted by Crippen LogP contribution is -2.20. The number of aromatic nitrogens is 2. The van der Waals surface area contributed by atoms with Crippen LogP contribution in [0.5, 0.6) is 0 Å². The number of nitrogens with one attached hydrogen (secondary N) is 2. The highest BCUT2D eigenvalue weighted by Crippen LogP contribution is 1.62. The predicted molar refractivity (Wildman–Crippen MR) is 52.4 cm³/mol. The van der Waals surface area contributed by atoms with Crippen molar-refractivity contribution in [2.45, 2.75) is 6.92 Å². The van der Waals surface area contributed by atoms with E-state index in [1.807, 2.05) is 0 Å². The molecule has 0 aliphatic carbocycles. The van der Waals surface area contributed by atoms with Crippen molar-refractivity contribution in [2.24, 2.45) is 11.5 Å². The molecule has 0 aliphatic heterocycles. The van der Waals surface area contributed by atoms with Gasteiger partial charge in [0.2, 0.25) is 0 Å². The molecule has 14 heavy (non-hydrogen) atoms. The average Bonchev–Trinajstić information content (AvgIpc) is 2.59. The van der Waals surface area contributed by atoms with E-state index in [1.54, 1.807) is 18.7 Å². The first kappa shape index (κ1) is 14.5. The molecular formula is C7H15N5O2. The highest BCUT2D eigenvalue weighted by atomic mass is 16.5. The van der Waals surface area contributed by atoms with Crippen LogP contribution in [0.1, 0.15) is 6.92 Å². The fourth-order valence-corrected chi connectivity index (χ4v) is 0.215. The quantitative estimate of drug-likeness (QED) is 0.253. The van der Waals surface area contributed by atoms with Gasteiger partial charge in [-0.3, -0.25) is 10.2 Å². The first-order valence-corrected chi connectivity index (χ1v) is 3.57. The normalized spacial score (nSPS) is 7.00. The number of rotatable bonds is 0. The standard InChI is InChI=1S/C3H4N2.C3H6O2.CH5N3/c1-2-5-3-4-1;1-3(4)5-2;2-1(3)4/h1-3H,(H,4,5);1-2H3;(H5,2,3,4). The summed E-state index contributed by atoms with van der Waals surface area (Å²) in [5.41, 5.74) is 8.94. The lowest BCUT2D eigenvalue weighted by atomic mass is 10.8. The van der Waals surface area contributed by atoms with Crippen molar-refractivity contribution in [1.82, 2.24) is 9.97 Å². The van der Waals surface area contributed by atoms with E-state index in [2.05, 4.69) is 26.2 Å². The fourth-order valence-electron chi connectivity index (χ4n) is 0.215. The number of nitrogens with zero attached hydrogens (tertiary/aromatic N) is 1. The van der Waals surface area contributed by atoms with Crippen LogP contribution in [0, 0.1) is 5.41 Å². The molecule has 7 nitrogen and oxygen atoms in total. The van der Waals surface area contributed by atoms with E-state index in [0.29, 0.717) is 0 Å². The molecule has 0 unspecified atom stereocenters. The molecule has 0 bridgehead atoms. The molecule has 6 N–H and O–H groups in total. The molecule has 1 aromatic rings. The Morgan fingerprint density at radius 2 is 2.00 bits per heavy atom. The second-order valence-electron chi connectivity index (χ2n) is 1.91. The van der Waals surface area contributed by atoms with Crippen LogP contribution < -0.4 is 11.5 Å². The maximum absolute atomic E-state index is 9.59. The molecule has 0 amide bonds. The number of esters is 1. The van der Waals surface area contributed by atoms with E-state index in [0.717, 1.165) is 0 Å². The molecule has 1 heterocycles.